The third kappa shape index (κ3) is 3.80. The molecule has 1 aromatic carbocycles. The van der Waals surface area contributed by atoms with Gasteiger partial charge in [-0.05, 0) is 23.8 Å². The van der Waals surface area contributed by atoms with Gasteiger partial charge in [-0.25, -0.2) is 13.4 Å². The maximum atomic E-state index is 11.4. The maximum Gasteiger partial charge on any atom is 0.229 e. The second kappa shape index (κ2) is 6.17. The Bertz CT molecular complexity index is 882. The molecule has 0 radical (unpaired) electrons. The van der Waals surface area contributed by atoms with Crippen LogP contribution in [0.3, 0.4) is 0 Å². The van der Waals surface area contributed by atoms with Crippen LogP contribution in [0.2, 0.25) is 5.15 Å². The fourth-order valence-electron chi connectivity index (χ4n) is 2.21. The number of anilines is 1. The van der Waals surface area contributed by atoms with E-state index in [-0.39, 0.29) is 10.8 Å². The summed E-state index contributed by atoms with van der Waals surface area (Å²) in [4.78, 5) is 8.29. The topological polar surface area (TPSA) is 80.7 Å². The van der Waals surface area contributed by atoms with Gasteiger partial charge >= 0.3 is 0 Å². The van der Waals surface area contributed by atoms with E-state index in [0.717, 1.165) is 28.7 Å². The van der Waals surface area contributed by atoms with Gasteiger partial charge in [-0.15, -0.1) is 0 Å². The maximum absolute atomic E-state index is 11.4. The number of nitrogens with one attached hydrogen (secondary N) is 1. The molecule has 0 unspecified atom stereocenters. The Morgan fingerprint density at radius 3 is 2.87 bits per heavy atom. The van der Waals surface area contributed by atoms with E-state index in [0.29, 0.717) is 13.2 Å². The standard InChI is InChI=1S/C15H14ClN3O3S/c1-23(20,21)19-13-7-11(9-18-15(13)16)10-2-3-14-12(6-10)8-17-4-5-22-14/h2-3,6-9,19H,4-5H2,1H3. The zero-order chi connectivity index (χ0) is 16.4. The van der Waals surface area contributed by atoms with Crippen molar-refractivity contribution in [2.45, 2.75) is 0 Å². The van der Waals surface area contributed by atoms with Crippen molar-refractivity contribution in [3.63, 3.8) is 0 Å². The van der Waals surface area contributed by atoms with E-state index >= 15 is 0 Å². The Morgan fingerprint density at radius 2 is 2.09 bits per heavy atom. The fraction of sp³-hybridized carbons (Fsp3) is 0.200. The molecule has 1 N–H and O–H groups in total. The molecule has 0 atom stereocenters. The minimum absolute atomic E-state index is 0.0961. The van der Waals surface area contributed by atoms with E-state index in [1.54, 1.807) is 18.5 Å². The molecule has 0 saturated carbocycles. The molecule has 0 fully saturated rings. The van der Waals surface area contributed by atoms with E-state index in [1.807, 2.05) is 18.2 Å². The second-order valence-electron chi connectivity index (χ2n) is 5.07. The fourth-order valence-corrected chi connectivity index (χ4v) is 2.97. The summed E-state index contributed by atoms with van der Waals surface area (Å²) in [7, 11) is -3.43. The average molecular weight is 352 g/mol. The number of hydrogen-bond acceptors (Lipinski definition) is 5. The summed E-state index contributed by atoms with van der Waals surface area (Å²) in [6.07, 6.45) is 4.42. The highest BCUT2D eigenvalue weighted by Crippen LogP contribution is 2.30. The van der Waals surface area contributed by atoms with Crippen molar-refractivity contribution in [3.05, 3.63) is 41.2 Å². The minimum atomic E-state index is -3.43. The summed E-state index contributed by atoms with van der Waals surface area (Å²) in [5.41, 5.74) is 2.71. The lowest BCUT2D eigenvalue weighted by Gasteiger charge is -2.10. The number of ether oxygens (including phenoxy) is 1. The van der Waals surface area contributed by atoms with Gasteiger partial charge in [-0.3, -0.25) is 9.71 Å². The number of rotatable bonds is 3. The minimum Gasteiger partial charge on any atom is -0.491 e. The van der Waals surface area contributed by atoms with Crippen LogP contribution < -0.4 is 9.46 Å². The van der Waals surface area contributed by atoms with Crippen LogP contribution >= 0.6 is 11.6 Å². The number of aliphatic imine (C=N–C) groups is 1. The van der Waals surface area contributed by atoms with Crippen molar-refractivity contribution in [2.75, 3.05) is 24.1 Å². The predicted molar refractivity (Wildman–Crippen MR) is 91.1 cm³/mol. The monoisotopic (exact) mass is 351 g/mol. The molecule has 2 aromatic rings. The summed E-state index contributed by atoms with van der Waals surface area (Å²) in [5.74, 6) is 0.770. The van der Waals surface area contributed by atoms with Gasteiger partial charge in [0.2, 0.25) is 10.0 Å². The molecule has 0 amide bonds. The SMILES string of the molecule is CS(=O)(=O)Nc1cc(-c2ccc3c(c2)C=NCCO3)cnc1Cl. The van der Waals surface area contributed by atoms with Crippen LogP contribution in [0.15, 0.2) is 35.5 Å². The molecule has 2 heterocycles. The summed E-state index contributed by atoms with van der Waals surface area (Å²) >= 11 is 5.95. The lowest BCUT2D eigenvalue weighted by Crippen LogP contribution is -2.10. The highest BCUT2D eigenvalue weighted by molar-refractivity contribution is 7.92. The highest BCUT2D eigenvalue weighted by atomic mass is 35.5. The molecular formula is C15H14ClN3O3S. The molecule has 3 rings (SSSR count). The Hall–Kier alpha value is -2.12. The number of hydrogen-bond donors (Lipinski definition) is 1. The van der Waals surface area contributed by atoms with Gasteiger partial charge in [-0.1, -0.05) is 17.7 Å². The predicted octanol–water partition coefficient (Wildman–Crippen LogP) is 2.58. The molecule has 23 heavy (non-hydrogen) atoms. The van der Waals surface area contributed by atoms with E-state index < -0.39 is 10.0 Å². The van der Waals surface area contributed by atoms with E-state index in [4.69, 9.17) is 16.3 Å². The molecule has 8 heteroatoms. The molecule has 0 spiro atoms. The van der Waals surface area contributed by atoms with Gasteiger partial charge in [0, 0.05) is 23.5 Å². The third-order valence-electron chi connectivity index (χ3n) is 3.19. The van der Waals surface area contributed by atoms with E-state index in [2.05, 4.69) is 14.7 Å². The van der Waals surface area contributed by atoms with Gasteiger partial charge in [0.05, 0.1) is 18.5 Å². The molecule has 120 valence electrons. The second-order valence-corrected chi connectivity index (χ2v) is 7.18. The number of sulfonamides is 1. The van der Waals surface area contributed by atoms with Crippen LogP contribution in [0, 0.1) is 0 Å². The van der Waals surface area contributed by atoms with Crippen LogP contribution in [-0.2, 0) is 10.0 Å². The van der Waals surface area contributed by atoms with Crippen LogP contribution in [-0.4, -0.2) is 39.0 Å². The third-order valence-corrected chi connectivity index (χ3v) is 4.08. The number of benzene rings is 1. The first-order chi connectivity index (χ1) is 10.9. The first-order valence-corrected chi connectivity index (χ1v) is 9.10. The van der Waals surface area contributed by atoms with Crippen molar-refractivity contribution >= 4 is 33.5 Å². The normalized spacial score (nSPS) is 13.8. The number of fused-ring (bicyclic) bond motifs is 1. The molecule has 0 saturated heterocycles. The lowest BCUT2D eigenvalue weighted by molar-refractivity contribution is 0.331. The average Bonchev–Trinajstić information content (AvgIpc) is 2.72. The molecular weight excluding hydrogens is 338 g/mol. The zero-order valence-electron chi connectivity index (χ0n) is 12.3. The van der Waals surface area contributed by atoms with Crippen molar-refractivity contribution in [3.8, 4) is 16.9 Å². The number of halogens is 1. The van der Waals surface area contributed by atoms with Crippen LogP contribution in [0.25, 0.3) is 11.1 Å². The molecule has 0 aliphatic carbocycles. The largest absolute Gasteiger partial charge is 0.491 e. The lowest BCUT2D eigenvalue weighted by atomic mass is 10.0. The van der Waals surface area contributed by atoms with Gasteiger partial charge in [0.1, 0.15) is 12.4 Å². The molecule has 1 aromatic heterocycles. The first kappa shape index (κ1) is 15.8. The Kier molecular flexibility index (Phi) is 4.23. The summed E-state index contributed by atoms with van der Waals surface area (Å²) in [6, 6.07) is 7.31. The molecule has 6 nitrogen and oxygen atoms in total. The van der Waals surface area contributed by atoms with Gasteiger partial charge in [0.15, 0.2) is 5.15 Å². The summed E-state index contributed by atoms with van der Waals surface area (Å²) in [5, 5.41) is 0.0961. The van der Waals surface area contributed by atoms with Crippen molar-refractivity contribution in [2.24, 2.45) is 4.99 Å². The van der Waals surface area contributed by atoms with Crippen LogP contribution in [0.1, 0.15) is 5.56 Å². The van der Waals surface area contributed by atoms with Crippen LogP contribution in [0.5, 0.6) is 5.75 Å². The van der Waals surface area contributed by atoms with E-state index in [9.17, 15) is 8.42 Å². The van der Waals surface area contributed by atoms with Gasteiger partial charge in [0.25, 0.3) is 0 Å². The summed E-state index contributed by atoms with van der Waals surface area (Å²) in [6.45, 7) is 1.17. The molecule has 0 bridgehead atoms. The Morgan fingerprint density at radius 1 is 1.26 bits per heavy atom. The number of nitrogens with zero attached hydrogens (tertiary/aromatic N) is 2. The van der Waals surface area contributed by atoms with Crippen molar-refractivity contribution in [1.82, 2.24) is 4.98 Å². The van der Waals surface area contributed by atoms with Gasteiger partial charge in [-0.2, -0.15) is 0 Å². The number of aromatic nitrogens is 1. The quantitative estimate of drug-likeness (QED) is 0.862. The van der Waals surface area contributed by atoms with E-state index in [1.165, 1.54) is 0 Å². The Labute approximate surface area is 139 Å². The van der Waals surface area contributed by atoms with Gasteiger partial charge < -0.3 is 4.74 Å². The highest BCUT2D eigenvalue weighted by Gasteiger charge is 2.12. The molecule has 1 aliphatic heterocycles. The van der Waals surface area contributed by atoms with Crippen LogP contribution in [0.4, 0.5) is 5.69 Å². The number of pyridine rings is 1. The smallest absolute Gasteiger partial charge is 0.229 e. The van der Waals surface area contributed by atoms with Crippen molar-refractivity contribution < 1.29 is 13.2 Å². The summed E-state index contributed by atoms with van der Waals surface area (Å²) < 4.78 is 30.8. The van der Waals surface area contributed by atoms with Crippen molar-refractivity contribution in [1.29, 1.82) is 0 Å². The Balaban J connectivity index is 2.02. The first-order valence-electron chi connectivity index (χ1n) is 6.83. The molecule has 1 aliphatic rings. The zero-order valence-corrected chi connectivity index (χ0v) is 13.9.